The number of nitrogens with zero attached hydrogens (tertiary/aromatic N) is 1. The molecule has 0 saturated heterocycles. The number of amides is 2. The maximum Gasteiger partial charge on any atom is 0.249 e. The number of rotatable bonds is 8. The van der Waals surface area contributed by atoms with Crippen LogP contribution in [0.2, 0.25) is 5.02 Å². The van der Waals surface area contributed by atoms with Gasteiger partial charge in [0.1, 0.15) is 18.8 Å². The van der Waals surface area contributed by atoms with Gasteiger partial charge in [-0.1, -0.05) is 39.7 Å². The predicted molar refractivity (Wildman–Crippen MR) is 133 cm³/mol. The van der Waals surface area contributed by atoms with Crippen LogP contribution in [-0.4, -0.2) is 18.0 Å². The van der Waals surface area contributed by atoms with Gasteiger partial charge in [0.25, 0.3) is 0 Å². The van der Waals surface area contributed by atoms with Gasteiger partial charge in [-0.2, -0.15) is 5.10 Å². The fraction of sp³-hybridized carbons (Fsp3) is 0.0870. The Balaban J connectivity index is 1.46. The van der Waals surface area contributed by atoms with Crippen LogP contribution in [0.5, 0.6) is 5.75 Å². The molecular formula is C23H18Br2ClN3O3. The van der Waals surface area contributed by atoms with Crippen LogP contribution in [0.15, 0.2) is 80.8 Å². The molecule has 0 fully saturated rings. The quantitative estimate of drug-likeness (QED) is 0.198. The zero-order valence-corrected chi connectivity index (χ0v) is 20.6. The predicted octanol–water partition coefficient (Wildman–Crippen LogP) is 5.92. The summed E-state index contributed by atoms with van der Waals surface area (Å²) in [7, 11) is 0. The Morgan fingerprint density at radius 2 is 1.69 bits per heavy atom. The molecule has 0 spiro atoms. The van der Waals surface area contributed by atoms with Crippen molar-refractivity contribution < 1.29 is 14.3 Å². The van der Waals surface area contributed by atoms with Crippen molar-refractivity contribution in [2.24, 2.45) is 5.10 Å². The molecule has 9 heteroatoms. The molecule has 3 aromatic carbocycles. The van der Waals surface area contributed by atoms with Gasteiger partial charge in [0.05, 0.1) is 10.7 Å². The summed E-state index contributed by atoms with van der Waals surface area (Å²) in [6, 6.07) is 19.9. The SMILES string of the molecule is O=C(CC(=O)Nc1ccc(Cl)cc1)NN=Cc1ccc(OCc2ccc(Br)cc2)c(Br)c1. The van der Waals surface area contributed by atoms with Gasteiger partial charge in [0, 0.05) is 15.2 Å². The normalized spacial score (nSPS) is 10.7. The van der Waals surface area contributed by atoms with Crippen LogP contribution < -0.4 is 15.5 Å². The Bertz CT molecular complexity index is 1120. The van der Waals surface area contributed by atoms with Crippen LogP contribution in [0.4, 0.5) is 5.69 Å². The fourth-order valence-corrected chi connectivity index (χ4v) is 3.46. The van der Waals surface area contributed by atoms with Crippen molar-refractivity contribution in [2.45, 2.75) is 13.0 Å². The molecule has 0 bridgehead atoms. The molecule has 32 heavy (non-hydrogen) atoms. The molecule has 0 heterocycles. The molecule has 0 aliphatic rings. The molecule has 2 N–H and O–H groups in total. The summed E-state index contributed by atoms with van der Waals surface area (Å²) in [6.45, 7) is 0.438. The van der Waals surface area contributed by atoms with E-state index in [0.29, 0.717) is 23.1 Å². The Morgan fingerprint density at radius 3 is 2.38 bits per heavy atom. The topological polar surface area (TPSA) is 79.8 Å². The molecule has 6 nitrogen and oxygen atoms in total. The highest BCUT2D eigenvalue weighted by Crippen LogP contribution is 2.26. The van der Waals surface area contributed by atoms with Gasteiger partial charge >= 0.3 is 0 Å². The number of carbonyl (C=O) groups is 2. The molecule has 3 rings (SSSR count). The van der Waals surface area contributed by atoms with Gasteiger partial charge in [0.2, 0.25) is 11.8 Å². The lowest BCUT2D eigenvalue weighted by Crippen LogP contribution is -2.24. The Morgan fingerprint density at radius 1 is 0.969 bits per heavy atom. The van der Waals surface area contributed by atoms with E-state index in [9.17, 15) is 9.59 Å². The third-order valence-electron chi connectivity index (χ3n) is 4.12. The van der Waals surface area contributed by atoms with E-state index < -0.39 is 11.8 Å². The first-order valence-electron chi connectivity index (χ1n) is 9.43. The number of benzene rings is 3. The number of halogens is 3. The first-order chi connectivity index (χ1) is 15.4. The minimum Gasteiger partial charge on any atom is -0.488 e. The van der Waals surface area contributed by atoms with E-state index in [1.54, 1.807) is 24.3 Å². The van der Waals surface area contributed by atoms with E-state index in [2.05, 4.69) is 47.7 Å². The number of carbonyl (C=O) groups excluding carboxylic acids is 2. The summed E-state index contributed by atoms with van der Waals surface area (Å²) in [5.41, 5.74) is 4.70. The minimum atomic E-state index is -0.527. The van der Waals surface area contributed by atoms with E-state index in [-0.39, 0.29) is 6.42 Å². The van der Waals surface area contributed by atoms with Gasteiger partial charge in [0.15, 0.2) is 0 Å². The second-order valence-corrected chi connectivity index (χ2v) is 8.84. The number of hydrazone groups is 1. The lowest BCUT2D eigenvalue weighted by Gasteiger charge is -2.09. The van der Waals surface area contributed by atoms with E-state index in [0.717, 1.165) is 20.1 Å². The number of ether oxygens (including phenoxy) is 1. The highest BCUT2D eigenvalue weighted by molar-refractivity contribution is 9.10. The highest BCUT2D eigenvalue weighted by atomic mass is 79.9. The average Bonchev–Trinajstić information content (AvgIpc) is 2.76. The maximum atomic E-state index is 11.9. The third kappa shape index (κ3) is 7.78. The lowest BCUT2D eigenvalue weighted by molar-refractivity contribution is -0.126. The molecule has 0 aliphatic heterocycles. The molecule has 0 aromatic heterocycles. The van der Waals surface area contributed by atoms with Crippen LogP contribution in [0, 0.1) is 0 Å². The van der Waals surface area contributed by atoms with Crippen LogP contribution in [0.1, 0.15) is 17.5 Å². The minimum absolute atomic E-state index is 0.355. The highest BCUT2D eigenvalue weighted by Gasteiger charge is 2.09. The molecule has 2 amide bonds. The summed E-state index contributed by atoms with van der Waals surface area (Å²) in [5, 5.41) is 7.07. The zero-order chi connectivity index (χ0) is 22.9. The van der Waals surface area contributed by atoms with Crippen molar-refractivity contribution in [3.63, 3.8) is 0 Å². The first-order valence-corrected chi connectivity index (χ1v) is 11.4. The first kappa shape index (κ1) is 24.0. The summed E-state index contributed by atoms with van der Waals surface area (Å²) in [5.74, 6) is -0.288. The number of hydrogen-bond acceptors (Lipinski definition) is 4. The number of anilines is 1. The number of nitrogens with one attached hydrogen (secondary N) is 2. The molecule has 3 aromatic rings. The van der Waals surface area contributed by atoms with E-state index in [1.165, 1.54) is 6.21 Å². The summed E-state index contributed by atoms with van der Waals surface area (Å²) >= 11 is 12.7. The monoisotopic (exact) mass is 577 g/mol. The second-order valence-electron chi connectivity index (χ2n) is 6.63. The van der Waals surface area contributed by atoms with Gasteiger partial charge in [-0.05, 0) is 81.7 Å². The molecule has 0 radical (unpaired) electrons. The van der Waals surface area contributed by atoms with E-state index in [4.69, 9.17) is 16.3 Å². The van der Waals surface area contributed by atoms with Gasteiger partial charge in [-0.15, -0.1) is 0 Å². The van der Waals surface area contributed by atoms with Crippen molar-refractivity contribution in [3.8, 4) is 5.75 Å². The average molecular weight is 580 g/mol. The second kappa shape index (κ2) is 11.8. The van der Waals surface area contributed by atoms with Crippen molar-refractivity contribution in [2.75, 3.05) is 5.32 Å². The number of hydrogen-bond donors (Lipinski definition) is 2. The van der Waals surface area contributed by atoms with Gasteiger partial charge < -0.3 is 10.1 Å². The van der Waals surface area contributed by atoms with Crippen molar-refractivity contribution in [3.05, 3.63) is 91.8 Å². The van der Waals surface area contributed by atoms with Crippen LogP contribution in [-0.2, 0) is 16.2 Å². The van der Waals surface area contributed by atoms with Gasteiger partial charge in [-0.3, -0.25) is 9.59 Å². The summed E-state index contributed by atoms with van der Waals surface area (Å²) in [4.78, 5) is 23.8. The Kier molecular flexibility index (Phi) is 8.84. The largest absolute Gasteiger partial charge is 0.488 e. The Labute approximate surface area is 207 Å². The molecule has 0 saturated carbocycles. The van der Waals surface area contributed by atoms with E-state index in [1.807, 2.05) is 42.5 Å². The summed E-state index contributed by atoms with van der Waals surface area (Å²) < 4.78 is 7.60. The third-order valence-corrected chi connectivity index (χ3v) is 5.52. The Hall–Kier alpha value is -2.68. The molecule has 0 unspecified atom stereocenters. The molecule has 0 atom stereocenters. The van der Waals surface area contributed by atoms with Crippen LogP contribution in [0.25, 0.3) is 0 Å². The summed E-state index contributed by atoms with van der Waals surface area (Å²) in [6.07, 6.45) is 1.13. The van der Waals surface area contributed by atoms with Crippen molar-refractivity contribution in [1.29, 1.82) is 0 Å². The maximum absolute atomic E-state index is 11.9. The van der Waals surface area contributed by atoms with Crippen LogP contribution in [0.3, 0.4) is 0 Å². The van der Waals surface area contributed by atoms with E-state index >= 15 is 0 Å². The molecule has 0 aliphatic carbocycles. The van der Waals surface area contributed by atoms with Crippen LogP contribution >= 0.6 is 43.5 Å². The standard InChI is InChI=1S/C23H18Br2ClN3O3/c24-17-4-1-15(2-5-17)14-32-21-10-3-16(11-20(21)25)13-27-29-23(31)12-22(30)28-19-8-6-18(26)7-9-19/h1-11,13H,12,14H2,(H,28,30)(H,29,31). The lowest BCUT2D eigenvalue weighted by atomic mass is 10.2. The van der Waals surface area contributed by atoms with Crippen molar-refractivity contribution in [1.82, 2.24) is 5.43 Å². The smallest absolute Gasteiger partial charge is 0.249 e. The van der Waals surface area contributed by atoms with Crippen molar-refractivity contribution >= 4 is 67.2 Å². The van der Waals surface area contributed by atoms with Gasteiger partial charge in [-0.25, -0.2) is 5.43 Å². The molecule has 164 valence electrons. The fourth-order valence-electron chi connectivity index (χ4n) is 2.56. The molecular weight excluding hydrogens is 562 g/mol. The zero-order valence-electron chi connectivity index (χ0n) is 16.6.